The minimum absolute atomic E-state index is 0.0823. The van der Waals surface area contributed by atoms with Gasteiger partial charge < -0.3 is 25.6 Å². The Bertz CT molecular complexity index is 1310. The van der Waals surface area contributed by atoms with E-state index in [9.17, 15) is 14.7 Å². The van der Waals surface area contributed by atoms with Crippen molar-refractivity contribution in [2.75, 3.05) is 28.6 Å². The number of piperidine rings is 1. The van der Waals surface area contributed by atoms with Crippen molar-refractivity contribution in [2.45, 2.75) is 18.9 Å². The largest absolute Gasteiger partial charge is 0.393 e. The molecule has 5 rings (SSSR count). The fourth-order valence-electron chi connectivity index (χ4n) is 4.29. The standard InChI is InChI=1S/C29H28N4O3/c34-27-14-17-33(18-15-27)26-11-9-24(10-12-26)31-23-5-1-20(2-6-23)28(35)21-3-7-25(8-4-21)32-29(36)22-13-16-30-19-22/h1-13,16,19,27,30-31,34H,14-15,17-18H2,(H,32,36). The van der Waals surface area contributed by atoms with Gasteiger partial charge in [0.25, 0.3) is 5.91 Å². The fraction of sp³-hybridized carbons (Fsp3) is 0.172. The number of benzene rings is 3. The van der Waals surface area contributed by atoms with Gasteiger partial charge >= 0.3 is 0 Å². The summed E-state index contributed by atoms with van der Waals surface area (Å²) in [7, 11) is 0. The number of anilines is 4. The summed E-state index contributed by atoms with van der Waals surface area (Å²) >= 11 is 0. The molecule has 0 bridgehead atoms. The molecule has 0 radical (unpaired) electrons. The maximum Gasteiger partial charge on any atom is 0.257 e. The van der Waals surface area contributed by atoms with Crippen molar-refractivity contribution >= 4 is 34.4 Å². The van der Waals surface area contributed by atoms with Crippen molar-refractivity contribution in [3.05, 3.63) is 108 Å². The van der Waals surface area contributed by atoms with Gasteiger partial charge in [0.15, 0.2) is 5.78 Å². The molecule has 1 saturated heterocycles. The van der Waals surface area contributed by atoms with Crippen LogP contribution in [-0.2, 0) is 0 Å². The zero-order valence-electron chi connectivity index (χ0n) is 19.8. The number of carbonyl (C=O) groups is 2. The lowest BCUT2D eigenvalue weighted by molar-refractivity contribution is 0.102. The van der Waals surface area contributed by atoms with Gasteiger partial charge in [-0.2, -0.15) is 0 Å². The molecule has 1 aliphatic rings. The maximum atomic E-state index is 12.9. The van der Waals surface area contributed by atoms with Gasteiger partial charge in [-0.15, -0.1) is 0 Å². The molecule has 0 unspecified atom stereocenters. The van der Waals surface area contributed by atoms with E-state index >= 15 is 0 Å². The van der Waals surface area contributed by atoms with Crippen LogP contribution in [0, 0.1) is 0 Å². The van der Waals surface area contributed by atoms with Gasteiger partial charge in [-0.3, -0.25) is 9.59 Å². The highest BCUT2D eigenvalue weighted by Gasteiger charge is 2.17. The van der Waals surface area contributed by atoms with Crippen LogP contribution in [-0.4, -0.2) is 41.0 Å². The van der Waals surface area contributed by atoms with E-state index in [1.54, 1.807) is 54.9 Å². The first kappa shape index (κ1) is 23.4. The van der Waals surface area contributed by atoms with E-state index in [-0.39, 0.29) is 17.8 Å². The van der Waals surface area contributed by atoms with E-state index < -0.39 is 0 Å². The minimum atomic E-state index is -0.209. The first-order valence-corrected chi connectivity index (χ1v) is 12.0. The monoisotopic (exact) mass is 480 g/mol. The van der Waals surface area contributed by atoms with Crippen molar-refractivity contribution in [1.29, 1.82) is 0 Å². The van der Waals surface area contributed by atoms with E-state index in [0.717, 1.165) is 43.0 Å². The van der Waals surface area contributed by atoms with E-state index in [1.165, 1.54) is 0 Å². The van der Waals surface area contributed by atoms with Crippen molar-refractivity contribution in [1.82, 2.24) is 4.98 Å². The Balaban J connectivity index is 1.18. The normalized spacial score (nSPS) is 13.9. The molecule has 1 aromatic heterocycles. The smallest absolute Gasteiger partial charge is 0.257 e. The predicted octanol–water partition coefficient (Wildman–Crippen LogP) is 5.20. The third kappa shape index (κ3) is 5.47. The molecule has 182 valence electrons. The number of rotatable bonds is 7. The molecule has 7 heteroatoms. The summed E-state index contributed by atoms with van der Waals surface area (Å²) in [5, 5.41) is 15.9. The first-order valence-electron chi connectivity index (χ1n) is 12.0. The van der Waals surface area contributed by atoms with Crippen LogP contribution < -0.4 is 15.5 Å². The van der Waals surface area contributed by atoms with Crippen LogP contribution >= 0.6 is 0 Å². The van der Waals surface area contributed by atoms with Gasteiger partial charge in [0.05, 0.1) is 11.7 Å². The van der Waals surface area contributed by atoms with Crippen molar-refractivity contribution in [2.24, 2.45) is 0 Å². The van der Waals surface area contributed by atoms with Crippen LogP contribution in [0.5, 0.6) is 0 Å². The second-order valence-corrected chi connectivity index (χ2v) is 8.93. The molecule has 0 spiro atoms. The summed E-state index contributed by atoms with van der Waals surface area (Å²) in [5.41, 5.74) is 5.33. The zero-order valence-corrected chi connectivity index (χ0v) is 19.8. The van der Waals surface area contributed by atoms with E-state index in [0.29, 0.717) is 22.4 Å². The van der Waals surface area contributed by atoms with Crippen molar-refractivity contribution < 1.29 is 14.7 Å². The summed E-state index contributed by atoms with van der Waals surface area (Å²) in [4.78, 5) is 30.2. The van der Waals surface area contributed by atoms with Crippen molar-refractivity contribution in [3.63, 3.8) is 0 Å². The van der Waals surface area contributed by atoms with Crippen LogP contribution in [0.1, 0.15) is 39.1 Å². The first-order chi connectivity index (χ1) is 17.5. The molecule has 4 N–H and O–H groups in total. The molecule has 2 heterocycles. The topological polar surface area (TPSA) is 97.5 Å². The number of ketones is 1. The number of hydrogen-bond acceptors (Lipinski definition) is 5. The lowest BCUT2D eigenvalue weighted by Crippen LogP contribution is -2.35. The molecule has 4 aromatic rings. The summed E-state index contributed by atoms with van der Waals surface area (Å²) in [6.07, 6.45) is 4.75. The van der Waals surface area contributed by atoms with Gasteiger partial charge in [-0.25, -0.2) is 0 Å². The number of H-pyrrole nitrogens is 1. The molecular weight excluding hydrogens is 452 g/mol. The van der Waals surface area contributed by atoms with Gasteiger partial charge in [0, 0.05) is 59.4 Å². The van der Waals surface area contributed by atoms with Crippen molar-refractivity contribution in [3.8, 4) is 0 Å². The summed E-state index contributed by atoms with van der Waals surface area (Å²) in [6.45, 7) is 1.74. The van der Waals surface area contributed by atoms with Gasteiger partial charge in [0.2, 0.25) is 0 Å². The Hall–Kier alpha value is -4.36. The highest BCUT2D eigenvalue weighted by Crippen LogP contribution is 2.24. The molecular formula is C29H28N4O3. The number of aromatic amines is 1. The number of carbonyl (C=O) groups excluding carboxylic acids is 2. The Morgan fingerprint density at radius 1 is 0.750 bits per heavy atom. The quantitative estimate of drug-likeness (QED) is 0.273. The molecule has 36 heavy (non-hydrogen) atoms. The van der Waals surface area contributed by atoms with Crippen LogP contribution in [0.4, 0.5) is 22.7 Å². The predicted molar refractivity (Wildman–Crippen MR) is 142 cm³/mol. The number of nitrogens with one attached hydrogen (secondary N) is 3. The lowest BCUT2D eigenvalue weighted by Gasteiger charge is -2.31. The highest BCUT2D eigenvalue weighted by atomic mass is 16.3. The summed E-state index contributed by atoms with van der Waals surface area (Å²) in [5.74, 6) is -0.291. The Labute approximate surface area is 209 Å². The number of aliphatic hydroxyl groups is 1. The highest BCUT2D eigenvalue weighted by molar-refractivity contribution is 6.09. The van der Waals surface area contributed by atoms with E-state index in [4.69, 9.17) is 0 Å². The SMILES string of the molecule is O=C(Nc1ccc(C(=O)c2ccc(Nc3ccc(N4CCC(O)CC4)cc3)cc2)cc1)c1cc[nH]c1. The molecule has 0 saturated carbocycles. The van der Waals surface area contributed by atoms with Crippen LogP contribution in [0.15, 0.2) is 91.3 Å². The van der Waals surface area contributed by atoms with Gasteiger partial charge in [0.1, 0.15) is 0 Å². The summed E-state index contributed by atoms with van der Waals surface area (Å²) in [6, 6.07) is 24.2. The Morgan fingerprint density at radius 3 is 1.86 bits per heavy atom. The Kier molecular flexibility index (Phi) is 6.82. The molecule has 0 aliphatic carbocycles. The number of aliphatic hydroxyl groups excluding tert-OH is 1. The second kappa shape index (κ2) is 10.5. The average molecular weight is 481 g/mol. The molecule has 7 nitrogen and oxygen atoms in total. The van der Waals surface area contributed by atoms with Gasteiger partial charge in [-0.05, 0) is 91.7 Å². The molecule has 1 aliphatic heterocycles. The fourth-order valence-corrected chi connectivity index (χ4v) is 4.29. The number of amides is 1. The maximum absolute atomic E-state index is 12.9. The minimum Gasteiger partial charge on any atom is -0.393 e. The van der Waals surface area contributed by atoms with Crippen LogP contribution in [0.2, 0.25) is 0 Å². The van der Waals surface area contributed by atoms with Crippen LogP contribution in [0.25, 0.3) is 0 Å². The second-order valence-electron chi connectivity index (χ2n) is 8.93. The third-order valence-electron chi connectivity index (χ3n) is 6.40. The average Bonchev–Trinajstić information content (AvgIpc) is 3.46. The molecule has 1 amide bonds. The number of aromatic nitrogens is 1. The molecule has 0 atom stereocenters. The third-order valence-corrected chi connectivity index (χ3v) is 6.40. The summed E-state index contributed by atoms with van der Waals surface area (Å²) < 4.78 is 0. The van der Waals surface area contributed by atoms with Crippen LogP contribution in [0.3, 0.4) is 0 Å². The van der Waals surface area contributed by atoms with E-state index in [2.05, 4.69) is 32.7 Å². The van der Waals surface area contributed by atoms with Gasteiger partial charge in [-0.1, -0.05) is 0 Å². The Morgan fingerprint density at radius 2 is 1.31 bits per heavy atom. The van der Waals surface area contributed by atoms with E-state index in [1.807, 2.05) is 24.3 Å². The lowest BCUT2D eigenvalue weighted by atomic mass is 10.0. The number of nitrogens with zero attached hydrogens (tertiary/aromatic N) is 1. The zero-order chi connectivity index (χ0) is 24.9. The molecule has 1 fully saturated rings. The number of hydrogen-bond donors (Lipinski definition) is 4. The molecule has 3 aromatic carbocycles.